The monoisotopic (exact) mass is 276 g/mol. The van der Waals surface area contributed by atoms with Gasteiger partial charge in [-0.25, -0.2) is 4.79 Å². The van der Waals surface area contributed by atoms with Crippen molar-refractivity contribution in [2.24, 2.45) is 17.8 Å². The second kappa shape index (κ2) is 6.66. The lowest BCUT2D eigenvalue weighted by Gasteiger charge is -2.19. The highest BCUT2D eigenvalue weighted by molar-refractivity contribution is 5.89. The van der Waals surface area contributed by atoms with Gasteiger partial charge in [0.05, 0.1) is 12.2 Å². The molecule has 0 amide bonds. The Balaban J connectivity index is 1.81. The van der Waals surface area contributed by atoms with Crippen molar-refractivity contribution in [2.75, 3.05) is 13.2 Å². The molecule has 3 atom stereocenters. The minimum atomic E-state index is -0.344. The van der Waals surface area contributed by atoms with E-state index in [9.17, 15) is 14.7 Å². The van der Waals surface area contributed by atoms with E-state index in [2.05, 4.69) is 0 Å². The van der Waals surface area contributed by atoms with Crippen LogP contribution in [0.1, 0.15) is 30.1 Å². The van der Waals surface area contributed by atoms with Gasteiger partial charge >= 0.3 is 5.97 Å². The lowest BCUT2D eigenvalue weighted by molar-refractivity contribution is -0.121. The maximum absolute atomic E-state index is 11.8. The van der Waals surface area contributed by atoms with E-state index < -0.39 is 0 Å². The molecule has 0 radical (unpaired) electrons. The van der Waals surface area contributed by atoms with Crippen molar-refractivity contribution >= 4 is 11.8 Å². The van der Waals surface area contributed by atoms with Crippen LogP contribution in [0.3, 0.4) is 0 Å². The fourth-order valence-electron chi connectivity index (χ4n) is 2.83. The van der Waals surface area contributed by atoms with E-state index in [0.717, 1.165) is 0 Å². The Bertz CT molecular complexity index is 469. The summed E-state index contributed by atoms with van der Waals surface area (Å²) in [4.78, 5) is 23.4. The van der Waals surface area contributed by atoms with E-state index in [0.29, 0.717) is 18.4 Å². The largest absolute Gasteiger partial charge is 0.462 e. The number of hydrogen-bond acceptors (Lipinski definition) is 4. The van der Waals surface area contributed by atoms with Gasteiger partial charge < -0.3 is 9.84 Å². The SMILES string of the molecule is C[C@H]1C(=O)C[C@H](CCOC(=O)c2ccccc2)[C@@H]1CO. The van der Waals surface area contributed by atoms with Gasteiger partial charge in [0.1, 0.15) is 5.78 Å². The van der Waals surface area contributed by atoms with Gasteiger partial charge in [0, 0.05) is 18.9 Å². The summed E-state index contributed by atoms with van der Waals surface area (Å²) in [5.41, 5.74) is 0.530. The van der Waals surface area contributed by atoms with Crippen molar-refractivity contribution in [3.8, 4) is 0 Å². The molecule has 1 N–H and O–H groups in total. The Morgan fingerprint density at radius 3 is 2.70 bits per heavy atom. The number of Topliss-reactive ketones (excluding diaryl/α,β-unsaturated/α-hetero) is 1. The topological polar surface area (TPSA) is 63.6 Å². The highest BCUT2D eigenvalue weighted by Gasteiger charge is 2.38. The third-order valence-corrected chi connectivity index (χ3v) is 4.16. The maximum atomic E-state index is 11.8. The third-order valence-electron chi connectivity index (χ3n) is 4.16. The zero-order valence-electron chi connectivity index (χ0n) is 11.6. The number of esters is 1. The molecule has 108 valence electrons. The van der Waals surface area contributed by atoms with Crippen LogP contribution in [0.5, 0.6) is 0 Å². The summed E-state index contributed by atoms with van der Waals surface area (Å²) in [6.07, 6.45) is 1.11. The lowest BCUT2D eigenvalue weighted by Crippen LogP contribution is -2.20. The summed E-state index contributed by atoms with van der Waals surface area (Å²) in [7, 11) is 0. The summed E-state index contributed by atoms with van der Waals surface area (Å²) in [6.45, 7) is 2.16. The van der Waals surface area contributed by atoms with Gasteiger partial charge in [-0.05, 0) is 30.4 Å². The molecule has 4 nitrogen and oxygen atoms in total. The zero-order chi connectivity index (χ0) is 14.5. The molecule has 0 bridgehead atoms. The van der Waals surface area contributed by atoms with E-state index >= 15 is 0 Å². The molecule has 1 aromatic rings. The van der Waals surface area contributed by atoms with E-state index in [4.69, 9.17) is 4.74 Å². The molecular formula is C16H20O4. The highest BCUT2D eigenvalue weighted by Crippen LogP contribution is 2.35. The molecule has 0 aliphatic heterocycles. The number of ketones is 1. The number of ether oxygens (including phenoxy) is 1. The van der Waals surface area contributed by atoms with Gasteiger partial charge in [0.2, 0.25) is 0 Å². The predicted octanol–water partition coefficient (Wildman–Crippen LogP) is 2.07. The molecule has 0 spiro atoms. The number of benzene rings is 1. The summed E-state index contributed by atoms with van der Waals surface area (Å²) >= 11 is 0. The molecule has 1 fully saturated rings. The Labute approximate surface area is 118 Å². The molecule has 1 aliphatic carbocycles. The molecule has 1 aliphatic rings. The number of rotatable bonds is 5. The Morgan fingerprint density at radius 2 is 2.05 bits per heavy atom. The second-order valence-electron chi connectivity index (χ2n) is 5.36. The number of carbonyl (C=O) groups is 2. The van der Waals surface area contributed by atoms with Crippen LogP contribution in [0.15, 0.2) is 30.3 Å². The van der Waals surface area contributed by atoms with E-state index in [1.54, 1.807) is 24.3 Å². The van der Waals surface area contributed by atoms with Crippen LogP contribution in [0, 0.1) is 17.8 Å². The van der Waals surface area contributed by atoms with Crippen LogP contribution in [-0.4, -0.2) is 30.1 Å². The molecule has 4 heteroatoms. The summed E-state index contributed by atoms with van der Waals surface area (Å²) in [5.74, 6) is -0.120. The standard InChI is InChI=1S/C16H20O4/c1-11-14(10-17)13(9-15(11)18)7-8-20-16(19)12-5-3-2-4-6-12/h2-6,11,13-14,17H,7-10H2,1H3/t11-,13+,14-/m1/s1. The third kappa shape index (κ3) is 3.25. The Hall–Kier alpha value is -1.68. The highest BCUT2D eigenvalue weighted by atomic mass is 16.5. The van der Waals surface area contributed by atoms with Gasteiger partial charge in [-0.15, -0.1) is 0 Å². The van der Waals surface area contributed by atoms with Crippen molar-refractivity contribution in [1.29, 1.82) is 0 Å². The maximum Gasteiger partial charge on any atom is 0.338 e. The van der Waals surface area contributed by atoms with Gasteiger partial charge in [-0.3, -0.25) is 4.79 Å². The first kappa shape index (κ1) is 14.7. The van der Waals surface area contributed by atoms with E-state index in [1.165, 1.54) is 0 Å². The van der Waals surface area contributed by atoms with Crippen molar-refractivity contribution in [3.05, 3.63) is 35.9 Å². The Kier molecular flexibility index (Phi) is 4.90. The van der Waals surface area contributed by atoms with Crippen LogP contribution in [0.25, 0.3) is 0 Å². The van der Waals surface area contributed by atoms with Crippen molar-refractivity contribution < 1.29 is 19.4 Å². The van der Waals surface area contributed by atoms with Crippen LogP contribution < -0.4 is 0 Å². The quantitative estimate of drug-likeness (QED) is 0.836. The molecule has 1 saturated carbocycles. The number of aliphatic hydroxyl groups excluding tert-OH is 1. The minimum absolute atomic E-state index is 0.00192. The van der Waals surface area contributed by atoms with Gasteiger partial charge in [-0.1, -0.05) is 25.1 Å². The first-order valence-corrected chi connectivity index (χ1v) is 6.99. The van der Waals surface area contributed by atoms with Crippen molar-refractivity contribution in [1.82, 2.24) is 0 Å². The molecular weight excluding hydrogens is 256 g/mol. The average molecular weight is 276 g/mol. The summed E-state index contributed by atoms with van der Waals surface area (Å²) in [5, 5.41) is 9.35. The fourth-order valence-corrected chi connectivity index (χ4v) is 2.83. The van der Waals surface area contributed by atoms with Gasteiger partial charge in [0.25, 0.3) is 0 Å². The first-order chi connectivity index (χ1) is 9.63. The minimum Gasteiger partial charge on any atom is -0.462 e. The van der Waals surface area contributed by atoms with Crippen LogP contribution >= 0.6 is 0 Å². The van der Waals surface area contributed by atoms with Crippen LogP contribution in [0.2, 0.25) is 0 Å². The van der Waals surface area contributed by atoms with Crippen molar-refractivity contribution in [2.45, 2.75) is 19.8 Å². The van der Waals surface area contributed by atoms with Gasteiger partial charge in [0.15, 0.2) is 0 Å². The van der Waals surface area contributed by atoms with Crippen LogP contribution in [0.4, 0.5) is 0 Å². The van der Waals surface area contributed by atoms with Crippen molar-refractivity contribution in [3.63, 3.8) is 0 Å². The number of hydrogen-bond donors (Lipinski definition) is 1. The fraction of sp³-hybridized carbons (Fsp3) is 0.500. The molecule has 20 heavy (non-hydrogen) atoms. The smallest absolute Gasteiger partial charge is 0.338 e. The summed E-state index contributed by atoms with van der Waals surface area (Å²) < 4.78 is 5.22. The lowest BCUT2D eigenvalue weighted by atomic mass is 9.89. The molecule has 0 unspecified atom stereocenters. The van der Waals surface area contributed by atoms with E-state index in [1.807, 2.05) is 13.0 Å². The second-order valence-corrected chi connectivity index (χ2v) is 5.36. The molecule has 1 aromatic carbocycles. The zero-order valence-corrected chi connectivity index (χ0v) is 11.6. The predicted molar refractivity (Wildman–Crippen MR) is 74.2 cm³/mol. The molecule has 0 aromatic heterocycles. The van der Waals surface area contributed by atoms with E-state index in [-0.39, 0.29) is 42.7 Å². The van der Waals surface area contributed by atoms with Crippen LogP contribution in [-0.2, 0) is 9.53 Å². The number of aliphatic hydroxyl groups is 1. The normalized spacial score (nSPS) is 25.7. The summed E-state index contributed by atoms with van der Waals surface area (Å²) in [6, 6.07) is 8.83. The number of carbonyl (C=O) groups excluding carboxylic acids is 2. The average Bonchev–Trinajstić information content (AvgIpc) is 2.74. The molecule has 2 rings (SSSR count). The molecule has 0 saturated heterocycles. The van der Waals surface area contributed by atoms with Gasteiger partial charge in [-0.2, -0.15) is 0 Å². The Morgan fingerprint density at radius 1 is 1.35 bits per heavy atom. The molecule has 0 heterocycles. The first-order valence-electron chi connectivity index (χ1n) is 6.99.